The molecular weight excluding hydrogens is 308 g/mol. The molecule has 0 aliphatic heterocycles. The van der Waals surface area contributed by atoms with Crippen LogP contribution in [0.5, 0.6) is 11.5 Å². The van der Waals surface area contributed by atoms with Gasteiger partial charge in [-0.2, -0.15) is 0 Å². The smallest absolute Gasteiger partial charge is 0.323 e. The molecule has 2 rings (SSSR count). The number of carbonyl (C=O) groups is 1. The number of nitrogens with one attached hydrogen (secondary N) is 3. The molecule has 0 spiro atoms. The average molecular weight is 330 g/mol. The second-order valence-electron chi connectivity index (χ2n) is 5.22. The third-order valence-electron chi connectivity index (χ3n) is 3.36. The monoisotopic (exact) mass is 330 g/mol. The van der Waals surface area contributed by atoms with Crippen LogP contribution in [0.4, 0.5) is 21.9 Å². The highest BCUT2D eigenvalue weighted by molar-refractivity contribution is 6.01. The summed E-state index contributed by atoms with van der Waals surface area (Å²) >= 11 is 0. The van der Waals surface area contributed by atoms with Crippen molar-refractivity contribution in [3.63, 3.8) is 0 Å². The van der Waals surface area contributed by atoms with Gasteiger partial charge in [-0.15, -0.1) is 0 Å². The lowest BCUT2D eigenvalue weighted by atomic mass is 10.2. The Labute approximate surface area is 140 Å². The van der Waals surface area contributed by atoms with Gasteiger partial charge in [0.15, 0.2) is 0 Å². The molecule has 128 valence electrons. The van der Waals surface area contributed by atoms with E-state index in [1.807, 2.05) is 6.07 Å². The van der Waals surface area contributed by atoms with Crippen LogP contribution < -0.4 is 26.4 Å². The Morgan fingerprint density at radius 3 is 2.67 bits per heavy atom. The topological polar surface area (TPSA) is 109 Å². The molecule has 6 N–H and O–H groups in total. The van der Waals surface area contributed by atoms with Crippen LogP contribution >= 0.6 is 0 Å². The van der Waals surface area contributed by atoms with Crippen LogP contribution in [0.15, 0.2) is 36.4 Å². The molecule has 0 aliphatic rings. The van der Waals surface area contributed by atoms with Crippen LogP contribution in [0.3, 0.4) is 0 Å². The molecule has 24 heavy (non-hydrogen) atoms. The summed E-state index contributed by atoms with van der Waals surface area (Å²) in [6, 6.07) is 9.96. The van der Waals surface area contributed by atoms with E-state index >= 15 is 0 Å². The fraction of sp³-hybridized carbons (Fsp3) is 0.235. The molecule has 0 bridgehead atoms. The largest absolute Gasteiger partial charge is 0.505 e. The number of phenols is 1. The average Bonchev–Trinajstić information content (AvgIpc) is 2.56. The highest BCUT2D eigenvalue weighted by Crippen LogP contribution is 2.27. The Hall–Kier alpha value is -2.93. The molecule has 0 fully saturated rings. The molecule has 2 aromatic carbocycles. The Morgan fingerprint density at radius 2 is 1.96 bits per heavy atom. The fourth-order valence-corrected chi connectivity index (χ4v) is 2.15. The molecule has 7 nitrogen and oxygen atoms in total. The SMILES string of the molecule is COc1cc(NCCN)cc(NC(=O)Nc2cccc(C)c2O)c1. The first-order chi connectivity index (χ1) is 11.5. The molecule has 0 heterocycles. The number of nitrogens with two attached hydrogens (primary N) is 1. The molecule has 0 aromatic heterocycles. The van der Waals surface area contributed by atoms with Crippen molar-refractivity contribution in [3.8, 4) is 11.5 Å². The Bertz CT molecular complexity index is 719. The van der Waals surface area contributed by atoms with Gasteiger partial charge in [0.05, 0.1) is 12.8 Å². The van der Waals surface area contributed by atoms with Crippen molar-refractivity contribution in [1.29, 1.82) is 0 Å². The Balaban J connectivity index is 2.11. The van der Waals surface area contributed by atoms with E-state index in [0.717, 1.165) is 5.69 Å². The van der Waals surface area contributed by atoms with Gasteiger partial charge < -0.3 is 31.5 Å². The van der Waals surface area contributed by atoms with E-state index < -0.39 is 6.03 Å². The van der Waals surface area contributed by atoms with Gasteiger partial charge in [0, 0.05) is 36.6 Å². The molecule has 2 amide bonds. The first-order valence-electron chi connectivity index (χ1n) is 7.53. The van der Waals surface area contributed by atoms with Crippen LogP contribution in [-0.2, 0) is 0 Å². The number of anilines is 3. The van der Waals surface area contributed by atoms with Gasteiger partial charge in [-0.05, 0) is 24.6 Å². The second kappa shape index (κ2) is 8.07. The number of carbonyl (C=O) groups excluding carboxylic acids is 1. The summed E-state index contributed by atoms with van der Waals surface area (Å²) < 4.78 is 5.23. The van der Waals surface area contributed by atoms with E-state index in [1.165, 1.54) is 0 Å². The zero-order chi connectivity index (χ0) is 17.5. The van der Waals surface area contributed by atoms with Crippen molar-refractivity contribution in [2.45, 2.75) is 6.92 Å². The summed E-state index contributed by atoms with van der Waals surface area (Å²) in [5.41, 5.74) is 7.85. The van der Waals surface area contributed by atoms with Crippen molar-refractivity contribution in [2.24, 2.45) is 5.73 Å². The number of amides is 2. The van der Waals surface area contributed by atoms with Gasteiger partial charge in [-0.1, -0.05) is 12.1 Å². The summed E-state index contributed by atoms with van der Waals surface area (Å²) in [5, 5.41) is 18.4. The summed E-state index contributed by atoms with van der Waals surface area (Å²) in [5.74, 6) is 0.648. The van der Waals surface area contributed by atoms with Gasteiger partial charge in [0.25, 0.3) is 0 Å². The van der Waals surface area contributed by atoms with Crippen molar-refractivity contribution >= 4 is 23.1 Å². The van der Waals surface area contributed by atoms with Gasteiger partial charge in [0.1, 0.15) is 11.5 Å². The molecule has 0 aliphatic carbocycles. The van der Waals surface area contributed by atoms with Crippen LogP contribution in [0, 0.1) is 6.92 Å². The van der Waals surface area contributed by atoms with Crippen molar-refractivity contribution < 1.29 is 14.6 Å². The second-order valence-corrected chi connectivity index (χ2v) is 5.22. The minimum Gasteiger partial charge on any atom is -0.505 e. The van der Waals surface area contributed by atoms with Gasteiger partial charge in [-0.25, -0.2) is 4.79 Å². The summed E-state index contributed by atoms with van der Waals surface area (Å²) in [6.07, 6.45) is 0. The quantitative estimate of drug-likeness (QED) is 0.523. The highest BCUT2D eigenvalue weighted by Gasteiger charge is 2.09. The van der Waals surface area contributed by atoms with E-state index in [4.69, 9.17) is 10.5 Å². The van der Waals surface area contributed by atoms with E-state index in [1.54, 1.807) is 44.4 Å². The summed E-state index contributed by atoms with van der Waals surface area (Å²) in [4.78, 5) is 12.2. The Morgan fingerprint density at radius 1 is 1.21 bits per heavy atom. The predicted molar refractivity (Wildman–Crippen MR) is 96.0 cm³/mol. The summed E-state index contributed by atoms with van der Waals surface area (Å²) in [6.45, 7) is 2.86. The third-order valence-corrected chi connectivity index (χ3v) is 3.36. The van der Waals surface area contributed by atoms with E-state index in [2.05, 4.69) is 16.0 Å². The zero-order valence-corrected chi connectivity index (χ0v) is 13.7. The zero-order valence-electron chi connectivity index (χ0n) is 13.7. The number of benzene rings is 2. The number of para-hydroxylation sites is 1. The molecule has 0 atom stereocenters. The number of urea groups is 1. The number of hydrogen-bond acceptors (Lipinski definition) is 5. The minimum absolute atomic E-state index is 0.0450. The molecule has 0 unspecified atom stereocenters. The first kappa shape index (κ1) is 17.4. The number of phenolic OH excluding ortho intramolecular Hbond substituents is 1. The number of ether oxygens (including phenoxy) is 1. The fourth-order valence-electron chi connectivity index (χ4n) is 2.15. The normalized spacial score (nSPS) is 10.1. The van der Waals surface area contributed by atoms with E-state index in [-0.39, 0.29) is 5.75 Å². The van der Waals surface area contributed by atoms with Crippen LogP contribution in [-0.4, -0.2) is 31.3 Å². The number of methoxy groups -OCH3 is 1. The standard InChI is InChI=1S/C17H22N4O3/c1-11-4-3-5-15(16(11)22)21-17(23)20-13-8-12(19-7-6-18)9-14(10-13)24-2/h3-5,8-10,19,22H,6-7,18H2,1-2H3,(H2,20,21,23). The van der Waals surface area contributed by atoms with Gasteiger partial charge in [0.2, 0.25) is 0 Å². The predicted octanol–water partition coefficient (Wildman–Crippen LogP) is 2.72. The highest BCUT2D eigenvalue weighted by atomic mass is 16.5. The lowest BCUT2D eigenvalue weighted by molar-refractivity contribution is 0.262. The number of aryl methyl sites for hydroxylation is 1. The van der Waals surface area contributed by atoms with E-state index in [9.17, 15) is 9.90 Å². The van der Waals surface area contributed by atoms with Gasteiger partial charge in [-0.3, -0.25) is 0 Å². The maximum absolute atomic E-state index is 12.2. The van der Waals surface area contributed by atoms with E-state index in [0.29, 0.717) is 35.8 Å². The van der Waals surface area contributed by atoms with Crippen LogP contribution in [0.25, 0.3) is 0 Å². The molecule has 0 saturated heterocycles. The maximum Gasteiger partial charge on any atom is 0.323 e. The van der Waals surface area contributed by atoms with Crippen molar-refractivity contribution in [2.75, 3.05) is 36.1 Å². The molecule has 0 saturated carbocycles. The Kier molecular flexibility index (Phi) is 5.86. The summed E-state index contributed by atoms with van der Waals surface area (Å²) in [7, 11) is 1.55. The minimum atomic E-state index is -0.464. The number of aromatic hydroxyl groups is 1. The first-order valence-corrected chi connectivity index (χ1v) is 7.53. The molecule has 2 aromatic rings. The molecular formula is C17H22N4O3. The van der Waals surface area contributed by atoms with Gasteiger partial charge >= 0.3 is 6.03 Å². The van der Waals surface area contributed by atoms with Crippen LogP contribution in [0.2, 0.25) is 0 Å². The lowest BCUT2D eigenvalue weighted by Crippen LogP contribution is -2.20. The molecule has 7 heteroatoms. The lowest BCUT2D eigenvalue weighted by Gasteiger charge is -2.13. The van der Waals surface area contributed by atoms with Crippen LogP contribution in [0.1, 0.15) is 5.56 Å². The van der Waals surface area contributed by atoms with Crippen molar-refractivity contribution in [1.82, 2.24) is 0 Å². The van der Waals surface area contributed by atoms with Crippen molar-refractivity contribution in [3.05, 3.63) is 42.0 Å². The molecule has 0 radical (unpaired) electrons. The number of rotatable bonds is 6. The number of hydrogen-bond donors (Lipinski definition) is 5. The third kappa shape index (κ3) is 4.53. The maximum atomic E-state index is 12.2.